The topological polar surface area (TPSA) is 38.0 Å². The summed E-state index contributed by atoms with van der Waals surface area (Å²) < 4.78 is 0. The predicted octanol–water partition coefficient (Wildman–Crippen LogP) is 2.77. The Hall–Kier alpha value is -0.0800. The van der Waals surface area contributed by atoms with E-state index in [4.69, 9.17) is 5.73 Å². The second-order valence-electron chi connectivity index (χ2n) is 6.25. The number of nitrogens with one attached hydrogen (secondary N) is 1. The molecule has 0 heterocycles. The summed E-state index contributed by atoms with van der Waals surface area (Å²) in [4.78, 5) is 0. The van der Waals surface area contributed by atoms with Crippen molar-refractivity contribution in [2.75, 3.05) is 0 Å². The Labute approximate surface area is 101 Å². The highest BCUT2D eigenvalue weighted by atomic mass is 15.0. The van der Waals surface area contributed by atoms with Gasteiger partial charge in [-0.3, -0.25) is 0 Å². The van der Waals surface area contributed by atoms with Gasteiger partial charge in [-0.25, -0.2) is 0 Å². The Morgan fingerprint density at radius 3 is 2.25 bits per heavy atom. The number of nitrogens with two attached hydrogens (primary N) is 1. The molecule has 1 rings (SSSR count). The molecule has 0 radical (unpaired) electrons. The molecular weight excluding hydrogens is 196 g/mol. The first-order chi connectivity index (χ1) is 7.41. The van der Waals surface area contributed by atoms with E-state index >= 15 is 0 Å². The summed E-state index contributed by atoms with van der Waals surface area (Å²) in [5, 5.41) is 3.76. The van der Waals surface area contributed by atoms with Crippen LogP contribution in [0.25, 0.3) is 0 Å². The van der Waals surface area contributed by atoms with Crippen molar-refractivity contribution >= 4 is 0 Å². The molecule has 1 aliphatic carbocycles. The number of rotatable bonds is 4. The normalized spacial score (nSPS) is 35.1. The van der Waals surface area contributed by atoms with Crippen LogP contribution < -0.4 is 11.1 Å². The Morgan fingerprint density at radius 1 is 1.12 bits per heavy atom. The van der Waals surface area contributed by atoms with E-state index in [1.54, 1.807) is 0 Å². The van der Waals surface area contributed by atoms with E-state index in [0.29, 0.717) is 12.1 Å². The van der Waals surface area contributed by atoms with Gasteiger partial charge in [-0.2, -0.15) is 0 Å². The molecule has 96 valence electrons. The molecule has 0 aromatic carbocycles. The van der Waals surface area contributed by atoms with Crippen LogP contribution in [0.4, 0.5) is 0 Å². The summed E-state index contributed by atoms with van der Waals surface area (Å²) in [6.45, 7) is 11.4. The molecule has 0 spiro atoms. The lowest BCUT2D eigenvalue weighted by Crippen LogP contribution is -2.51. The second kappa shape index (κ2) is 6.02. The summed E-state index contributed by atoms with van der Waals surface area (Å²) in [5.41, 5.74) is 5.95. The van der Waals surface area contributed by atoms with Crippen LogP contribution in [0.15, 0.2) is 0 Å². The second-order valence-corrected chi connectivity index (χ2v) is 6.25. The van der Waals surface area contributed by atoms with Crippen LogP contribution in [0.2, 0.25) is 0 Å². The lowest BCUT2D eigenvalue weighted by molar-refractivity contribution is 0.157. The summed E-state index contributed by atoms with van der Waals surface area (Å²) in [5.74, 6) is 2.48. The monoisotopic (exact) mass is 226 g/mol. The zero-order valence-electron chi connectivity index (χ0n) is 11.7. The third-order valence-electron chi connectivity index (χ3n) is 4.29. The molecule has 0 aromatic rings. The Bertz CT molecular complexity index is 201. The summed E-state index contributed by atoms with van der Waals surface area (Å²) in [6.07, 6.45) is 4.09. The molecule has 0 saturated heterocycles. The maximum absolute atomic E-state index is 5.95. The lowest BCUT2D eigenvalue weighted by atomic mass is 9.73. The molecule has 3 N–H and O–H groups in total. The van der Waals surface area contributed by atoms with Crippen LogP contribution in [0.3, 0.4) is 0 Å². The van der Waals surface area contributed by atoms with Crippen molar-refractivity contribution in [3.63, 3.8) is 0 Å². The van der Waals surface area contributed by atoms with Crippen LogP contribution in [-0.2, 0) is 0 Å². The van der Waals surface area contributed by atoms with Crippen LogP contribution in [-0.4, -0.2) is 18.1 Å². The summed E-state index contributed by atoms with van der Waals surface area (Å²) >= 11 is 0. The molecule has 5 unspecified atom stereocenters. The summed E-state index contributed by atoms with van der Waals surface area (Å²) in [7, 11) is 0. The first kappa shape index (κ1) is 14.0. The average molecular weight is 226 g/mol. The standard InChI is InChI=1S/C14H30N2/c1-9(2)13-7-6-10(3)8-14(13)16-12(5)11(4)15/h9-14,16H,6-8,15H2,1-5H3. The maximum Gasteiger partial charge on any atom is 0.0190 e. The molecule has 0 amide bonds. The van der Waals surface area contributed by atoms with E-state index in [-0.39, 0.29) is 6.04 Å². The van der Waals surface area contributed by atoms with Crippen LogP contribution in [0.5, 0.6) is 0 Å². The lowest BCUT2D eigenvalue weighted by Gasteiger charge is -2.40. The molecule has 1 fully saturated rings. The van der Waals surface area contributed by atoms with Gasteiger partial charge in [0, 0.05) is 18.1 Å². The van der Waals surface area contributed by atoms with Gasteiger partial charge in [0.1, 0.15) is 0 Å². The highest BCUT2D eigenvalue weighted by molar-refractivity contribution is 4.88. The van der Waals surface area contributed by atoms with Crippen molar-refractivity contribution in [2.45, 2.75) is 72.0 Å². The smallest absolute Gasteiger partial charge is 0.0190 e. The van der Waals surface area contributed by atoms with Crippen molar-refractivity contribution in [1.29, 1.82) is 0 Å². The van der Waals surface area contributed by atoms with Crippen LogP contribution in [0, 0.1) is 17.8 Å². The molecule has 0 aromatic heterocycles. The minimum absolute atomic E-state index is 0.241. The van der Waals surface area contributed by atoms with Gasteiger partial charge in [-0.05, 0) is 44.4 Å². The van der Waals surface area contributed by atoms with Crippen molar-refractivity contribution < 1.29 is 0 Å². The van der Waals surface area contributed by atoms with Gasteiger partial charge in [0.05, 0.1) is 0 Å². The van der Waals surface area contributed by atoms with E-state index < -0.39 is 0 Å². The third kappa shape index (κ3) is 3.74. The molecule has 1 aliphatic rings. The largest absolute Gasteiger partial charge is 0.327 e. The van der Waals surface area contributed by atoms with E-state index in [2.05, 4.69) is 39.9 Å². The minimum atomic E-state index is 0.241. The van der Waals surface area contributed by atoms with Gasteiger partial charge in [0.25, 0.3) is 0 Å². The fraction of sp³-hybridized carbons (Fsp3) is 1.00. The van der Waals surface area contributed by atoms with Crippen LogP contribution in [0.1, 0.15) is 53.9 Å². The quantitative estimate of drug-likeness (QED) is 0.773. The van der Waals surface area contributed by atoms with Gasteiger partial charge in [0.2, 0.25) is 0 Å². The fourth-order valence-corrected chi connectivity index (χ4v) is 2.88. The van der Waals surface area contributed by atoms with Crippen LogP contribution >= 0.6 is 0 Å². The van der Waals surface area contributed by atoms with E-state index in [1.165, 1.54) is 19.3 Å². The minimum Gasteiger partial charge on any atom is -0.327 e. The van der Waals surface area contributed by atoms with Gasteiger partial charge >= 0.3 is 0 Å². The molecule has 16 heavy (non-hydrogen) atoms. The zero-order chi connectivity index (χ0) is 12.3. The van der Waals surface area contributed by atoms with E-state index in [1.807, 2.05) is 0 Å². The molecule has 2 nitrogen and oxygen atoms in total. The van der Waals surface area contributed by atoms with Gasteiger partial charge < -0.3 is 11.1 Å². The van der Waals surface area contributed by atoms with Gasteiger partial charge in [0.15, 0.2) is 0 Å². The molecular formula is C14H30N2. The zero-order valence-corrected chi connectivity index (χ0v) is 11.7. The van der Waals surface area contributed by atoms with Crippen molar-refractivity contribution in [2.24, 2.45) is 23.5 Å². The maximum atomic E-state index is 5.95. The Balaban J connectivity index is 2.57. The Morgan fingerprint density at radius 2 is 1.75 bits per heavy atom. The highest BCUT2D eigenvalue weighted by Crippen LogP contribution is 2.33. The molecule has 5 atom stereocenters. The number of hydrogen-bond donors (Lipinski definition) is 2. The first-order valence-corrected chi connectivity index (χ1v) is 6.93. The highest BCUT2D eigenvalue weighted by Gasteiger charge is 2.31. The van der Waals surface area contributed by atoms with Gasteiger partial charge in [-0.1, -0.05) is 27.2 Å². The van der Waals surface area contributed by atoms with Crippen molar-refractivity contribution in [1.82, 2.24) is 5.32 Å². The van der Waals surface area contributed by atoms with E-state index in [9.17, 15) is 0 Å². The first-order valence-electron chi connectivity index (χ1n) is 6.93. The molecule has 0 bridgehead atoms. The fourth-order valence-electron chi connectivity index (χ4n) is 2.88. The molecule has 1 saturated carbocycles. The van der Waals surface area contributed by atoms with Gasteiger partial charge in [-0.15, -0.1) is 0 Å². The predicted molar refractivity (Wildman–Crippen MR) is 71.4 cm³/mol. The van der Waals surface area contributed by atoms with Crippen molar-refractivity contribution in [3.8, 4) is 0 Å². The Kier molecular flexibility index (Phi) is 5.26. The summed E-state index contributed by atoms with van der Waals surface area (Å²) in [6, 6.07) is 1.34. The molecule has 0 aliphatic heterocycles. The third-order valence-corrected chi connectivity index (χ3v) is 4.29. The average Bonchev–Trinajstić information content (AvgIpc) is 2.16. The number of hydrogen-bond acceptors (Lipinski definition) is 2. The molecule has 2 heteroatoms. The van der Waals surface area contributed by atoms with E-state index in [0.717, 1.165) is 17.8 Å². The van der Waals surface area contributed by atoms with Crippen molar-refractivity contribution in [3.05, 3.63) is 0 Å². The SMILES string of the molecule is CC1CCC(C(C)C)C(NC(C)C(C)N)C1.